The fraction of sp³-hybridized carbons (Fsp3) is 0.0588. The third-order valence-electron chi connectivity index (χ3n) is 3.21. The van der Waals surface area contributed by atoms with Crippen LogP contribution in [-0.2, 0) is 0 Å². The molecule has 0 fully saturated rings. The van der Waals surface area contributed by atoms with Gasteiger partial charge in [-0.25, -0.2) is 0 Å². The van der Waals surface area contributed by atoms with Crippen LogP contribution < -0.4 is 5.32 Å². The van der Waals surface area contributed by atoms with Gasteiger partial charge in [0.2, 0.25) is 0 Å². The van der Waals surface area contributed by atoms with Gasteiger partial charge in [0.05, 0.1) is 11.2 Å². The zero-order valence-corrected chi connectivity index (χ0v) is 13.0. The van der Waals surface area contributed by atoms with Crippen molar-refractivity contribution in [3.05, 3.63) is 70.3 Å². The molecule has 3 nitrogen and oxygen atoms in total. The molecular weight excluding hydrogens is 328 g/mol. The maximum Gasteiger partial charge on any atom is 0.255 e. The van der Waals surface area contributed by atoms with Crippen molar-refractivity contribution in [2.45, 2.75) is 6.92 Å². The molecule has 0 aliphatic heterocycles. The minimum atomic E-state index is -0.140. The second-order valence-electron chi connectivity index (χ2n) is 4.79. The van der Waals surface area contributed by atoms with Crippen molar-refractivity contribution in [3.63, 3.8) is 0 Å². The molecule has 4 heteroatoms. The summed E-state index contributed by atoms with van der Waals surface area (Å²) in [4.78, 5) is 16.8. The van der Waals surface area contributed by atoms with Gasteiger partial charge in [0.1, 0.15) is 0 Å². The molecule has 21 heavy (non-hydrogen) atoms. The number of hydrogen-bond acceptors (Lipinski definition) is 2. The van der Waals surface area contributed by atoms with Gasteiger partial charge in [-0.15, -0.1) is 0 Å². The van der Waals surface area contributed by atoms with E-state index >= 15 is 0 Å². The molecule has 104 valence electrons. The summed E-state index contributed by atoms with van der Waals surface area (Å²) in [7, 11) is 0. The minimum Gasteiger partial charge on any atom is -0.320 e. The molecule has 0 radical (unpaired) electrons. The number of aromatic nitrogens is 1. The predicted molar refractivity (Wildman–Crippen MR) is 88.6 cm³/mol. The summed E-state index contributed by atoms with van der Waals surface area (Å²) >= 11 is 3.36. The van der Waals surface area contributed by atoms with Crippen molar-refractivity contribution in [1.82, 2.24) is 4.98 Å². The molecule has 3 rings (SSSR count). The van der Waals surface area contributed by atoms with Gasteiger partial charge in [-0.1, -0.05) is 34.1 Å². The van der Waals surface area contributed by atoms with E-state index in [0.717, 1.165) is 26.8 Å². The minimum absolute atomic E-state index is 0.140. The summed E-state index contributed by atoms with van der Waals surface area (Å²) in [5.41, 5.74) is 3.07. The lowest BCUT2D eigenvalue weighted by Crippen LogP contribution is -2.12. The number of amides is 1. The second kappa shape index (κ2) is 5.66. The van der Waals surface area contributed by atoms with Crippen LogP contribution in [0.2, 0.25) is 0 Å². The lowest BCUT2D eigenvalue weighted by molar-refractivity contribution is 0.102. The van der Waals surface area contributed by atoms with Crippen molar-refractivity contribution in [3.8, 4) is 0 Å². The topological polar surface area (TPSA) is 42.0 Å². The predicted octanol–water partition coefficient (Wildman–Crippen LogP) is 4.56. The van der Waals surface area contributed by atoms with Gasteiger partial charge >= 0.3 is 0 Å². The highest BCUT2D eigenvalue weighted by Gasteiger charge is 2.09. The van der Waals surface area contributed by atoms with E-state index in [1.165, 1.54) is 0 Å². The number of pyridine rings is 1. The Kier molecular flexibility index (Phi) is 3.71. The first-order valence-electron chi connectivity index (χ1n) is 6.57. The number of carbonyl (C=O) groups is 1. The summed E-state index contributed by atoms with van der Waals surface area (Å²) < 4.78 is 0.946. The Labute approximate surface area is 131 Å². The number of halogens is 1. The lowest BCUT2D eigenvalue weighted by Gasteiger charge is -2.09. The zero-order valence-electron chi connectivity index (χ0n) is 11.4. The fourth-order valence-corrected chi connectivity index (χ4v) is 2.41. The van der Waals surface area contributed by atoms with Gasteiger partial charge in [-0.3, -0.25) is 9.78 Å². The van der Waals surface area contributed by atoms with Crippen LogP contribution in [0.1, 0.15) is 16.1 Å². The Hall–Kier alpha value is -2.20. The molecule has 1 N–H and O–H groups in total. The lowest BCUT2D eigenvalue weighted by atomic mass is 10.1. The van der Waals surface area contributed by atoms with Crippen LogP contribution in [0.25, 0.3) is 10.9 Å². The highest BCUT2D eigenvalue weighted by Crippen LogP contribution is 2.22. The Balaban J connectivity index is 1.96. The van der Waals surface area contributed by atoms with Crippen LogP contribution in [0, 0.1) is 6.92 Å². The van der Waals surface area contributed by atoms with E-state index in [1.54, 1.807) is 12.1 Å². The quantitative estimate of drug-likeness (QED) is 0.743. The molecule has 0 aliphatic carbocycles. The van der Waals surface area contributed by atoms with Crippen LogP contribution in [0.4, 0.5) is 5.69 Å². The first-order valence-corrected chi connectivity index (χ1v) is 7.36. The Bertz CT molecular complexity index is 813. The number of rotatable bonds is 2. The SMILES string of the molecule is Cc1ccc2cccc(NC(=O)c3ccc(Br)cc3)c2n1. The number of para-hydroxylation sites is 1. The average Bonchev–Trinajstić information content (AvgIpc) is 2.48. The van der Waals surface area contributed by atoms with Gasteiger partial charge in [-0.2, -0.15) is 0 Å². The maximum absolute atomic E-state index is 12.3. The molecule has 0 aliphatic rings. The van der Waals surface area contributed by atoms with Crippen LogP contribution in [0.3, 0.4) is 0 Å². The molecule has 1 aromatic heterocycles. The number of benzene rings is 2. The molecule has 0 saturated heterocycles. The summed E-state index contributed by atoms with van der Waals surface area (Å²) in [5, 5.41) is 3.94. The largest absolute Gasteiger partial charge is 0.320 e. The molecular formula is C17H13BrN2O. The summed E-state index contributed by atoms with van der Waals surface area (Å²) in [6.45, 7) is 1.94. The summed E-state index contributed by atoms with van der Waals surface area (Å²) in [6, 6.07) is 17.0. The number of nitrogens with zero attached hydrogens (tertiary/aromatic N) is 1. The number of fused-ring (bicyclic) bond motifs is 1. The van der Waals surface area contributed by atoms with E-state index in [-0.39, 0.29) is 5.91 Å². The van der Waals surface area contributed by atoms with E-state index in [0.29, 0.717) is 5.56 Å². The number of nitrogens with one attached hydrogen (secondary N) is 1. The number of carbonyl (C=O) groups excluding carboxylic acids is 1. The first-order chi connectivity index (χ1) is 10.1. The standard InChI is InChI=1S/C17H13BrN2O/c1-11-5-6-12-3-2-4-15(16(12)19-11)20-17(21)13-7-9-14(18)10-8-13/h2-10H,1H3,(H,20,21). The Morgan fingerprint density at radius 3 is 2.57 bits per heavy atom. The molecule has 0 atom stereocenters. The normalized spacial score (nSPS) is 10.6. The third kappa shape index (κ3) is 2.95. The Morgan fingerprint density at radius 2 is 1.81 bits per heavy atom. The van der Waals surface area contributed by atoms with Gasteiger partial charge < -0.3 is 5.32 Å². The molecule has 0 unspecified atom stereocenters. The van der Waals surface area contributed by atoms with Crippen LogP contribution in [-0.4, -0.2) is 10.9 Å². The van der Waals surface area contributed by atoms with Crippen molar-refractivity contribution < 1.29 is 4.79 Å². The van der Waals surface area contributed by atoms with E-state index in [1.807, 2.05) is 49.4 Å². The van der Waals surface area contributed by atoms with E-state index in [4.69, 9.17) is 0 Å². The molecule has 0 saturated carbocycles. The molecule has 3 aromatic rings. The number of anilines is 1. The summed E-state index contributed by atoms with van der Waals surface area (Å²) in [6.07, 6.45) is 0. The Morgan fingerprint density at radius 1 is 1.05 bits per heavy atom. The zero-order chi connectivity index (χ0) is 14.8. The highest BCUT2D eigenvalue weighted by molar-refractivity contribution is 9.10. The highest BCUT2D eigenvalue weighted by atomic mass is 79.9. The first kappa shape index (κ1) is 13.8. The monoisotopic (exact) mass is 340 g/mol. The van der Waals surface area contributed by atoms with E-state index in [2.05, 4.69) is 26.2 Å². The molecule has 2 aromatic carbocycles. The average molecular weight is 341 g/mol. The number of hydrogen-bond donors (Lipinski definition) is 1. The van der Waals surface area contributed by atoms with E-state index < -0.39 is 0 Å². The van der Waals surface area contributed by atoms with Crippen LogP contribution in [0.5, 0.6) is 0 Å². The second-order valence-corrected chi connectivity index (χ2v) is 5.71. The maximum atomic E-state index is 12.3. The van der Waals surface area contributed by atoms with Gasteiger partial charge in [0.15, 0.2) is 0 Å². The molecule has 0 spiro atoms. The van der Waals surface area contributed by atoms with Crippen molar-refractivity contribution in [2.75, 3.05) is 5.32 Å². The molecule has 1 amide bonds. The van der Waals surface area contributed by atoms with Gasteiger partial charge in [-0.05, 0) is 43.3 Å². The van der Waals surface area contributed by atoms with E-state index in [9.17, 15) is 4.79 Å². The van der Waals surface area contributed by atoms with Crippen molar-refractivity contribution in [1.29, 1.82) is 0 Å². The molecule has 0 bridgehead atoms. The van der Waals surface area contributed by atoms with Crippen molar-refractivity contribution >= 4 is 38.4 Å². The third-order valence-corrected chi connectivity index (χ3v) is 3.74. The van der Waals surface area contributed by atoms with Gasteiger partial charge in [0.25, 0.3) is 5.91 Å². The van der Waals surface area contributed by atoms with Crippen LogP contribution in [0.15, 0.2) is 59.1 Å². The summed E-state index contributed by atoms with van der Waals surface area (Å²) in [5.74, 6) is -0.140. The van der Waals surface area contributed by atoms with Crippen LogP contribution >= 0.6 is 15.9 Å². The van der Waals surface area contributed by atoms with Crippen molar-refractivity contribution in [2.24, 2.45) is 0 Å². The fourth-order valence-electron chi connectivity index (χ4n) is 2.14. The number of aryl methyl sites for hydroxylation is 1. The molecule has 1 heterocycles. The van der Waals surface area contributed by atoms with Gasteiger partial charge in [0, 0.05) is 21.1 Å². The smallest absolute Gasteiger partial charge is 0.255 e.